The van der Waals surface area contributed by atoms with Gasteiger partial charge in [-0.1, -0.05) is 48.0 Å². The van der Waals surface area contributed by atoms with Gasteiger partial charge in [-0.25, -0.2) is 4.79 Å². The van der Waals surface area contributed by atoms with Crippen molar-refractivity contribution in [3.8, 4) is 0 Å². The third-order valence-electron chi connectivity index (χ3n) is 3.24. The van der Waals surface area contributed by atoms with Crippen LogP contribution in [0, 0.1) is 0 Å². The van der Waals surface area contributed by atoms with Gasteiger partial charge in [0, 0.05) is 16.1 Å². The molecule has 2 aromatic carbocycles. The maximum absolute atomic E-state index is 12.6. The average molecular weight is 333 g/mol. The predicted molar refractivity (Wildman–Crippen MR) is 88.3 cm³/mol. The van der Waals surface area contributed by atoms with Gasteiger partial charge in [-0.05, 0) is 39.0 Å². The fraction of sp³-hybridized carbons (Fsp3) is 0.278. The van der Waals surface area contributed by atoms with E-state index in [-0.39, 0.29) is 0 Å². The Labute approximate surface area is 141 Å². The average Bonchev–Trinajstić information content (AvgIpc) is 2.51. The molecule has 2 aromatic rings. The molecule has 4 nitrogen and oxygen atoms in total. The molecule has 0 bridgehead atoms. The van der Waals surface area contributed by atoms with Gasteiger partial charge in [0.25, 0.3) is 0 Å². The lowest BCUT2D eigenvalue weighted by molar-refractivity contribution is -0.289. The number of ether oxygens (including phenoxy) is 1. The number of hydrogen-bond acceptors (Lipinski definition) is 3. The van der Waals surface area contributed by atoms with Gasteiger partial charge >= 0.3 is 5.97 Å². The van der Waals surface area contributed by atoms with Crippen LogP contribution in [0.2, 0.25) is 5.02 Å². The number of hydroxylamine groups is 2. The Morgan fingerprint density at radius 3 is 2.30 bits per heavy atom. The first-order valence-electron chi connectivity index (χ1n) is 7.27. The van der Waals surface area contributed by atoms with E-state index in [9.17, 15) is 10.0 Å². The first-order chi connectivity index (χ1) is 10.8. The van der Waals surface area contributed by atoms with Crippen molar-refractivity contribution in [2.75, 3.05) is 0 Å². The van der Waals surface area contributed by atoms with E-state index in [0.29, 0.717) is 16.1 Å². The van der Waals surface area contributed by atoms with E-state index in [4.69, 9.17) is 16.3 Å². The van der Waals surface area contributed by atoms with Gasteiger partial charge in [0.1, 0.15) is 0 Å². The van der Waals surface area contributed by atoms with Gasteiger partial charge in [0.2, 0.25) is 6.23 Å². The summed E-state index contributed by atoms with van der Waals surface area (Å²) >= 11 is 5.90. The van der Waals surface area contributed by atoms with E-state index in [0.717, 1.165) is 5.06 Å². The lowest BCUT2D eigenvalue weighted by Crippen LogP contribution is -2.42. The van der Waals surface area contributed by atoms with Crippen LogP contribution < -0.4 is 0 Å². The van der Waals surface area contributed by atoms with Crippen molar-refractivity contribution in [2.24, 2.45) is 0 Å². The fourth-order valence-electron chi connectivity index (χ4n) is 2.01. The van der Waals surface area contributed by atoms with Gasteiger partial charge in [0.05, 0.1) is 5.56 Å². The third kappa shape index (κ3) is 4.55. The minimum absolute atomic E-state index is 0.306. The number of carbonyl (C=O) groups excluding carboxylic acids is 1. The molecule has 0 aromatic heterocycles. The summed E-state index contributed by atoms with van der Waals surface area (Å²) in [4.78, 5) is 12.4. The molecule has 0 amide bonds. The Kier molecular flexibility index (Phi) is 5.42. The molecule has 0 fully saturated rings. The van der Waals surface area contributed by atoms with Crippen molar-refractivity contribution < 1.29 is 14.7 Å². The number of hydrogen-bond donors (Lipinski definition) is 0. The smallest absolute Gasteiger partial charge is 0.340 e. The molecule has 1 radical (unpaired) electrons. The second kappa shape index (κ2) is 7.13. The largest absolute Gasteiger partial charge is 0.436 e. The van der Waals surface area contributed by atoms with E-state index >= 15 is 0 Å². The Bertz CT molecular complexity index is 667. The lowest BCUT2D eigenvalue weighted by Gasteiger charge is -2.33. The quantitative estimate of drug-likeness (QED) is 0.465. The highest BCUT2D eigenvalue weighted by Crippen LogP contribution is 2.29. The minimum Gasteiger partial charge on any atom is -0.436 e. The molecule has 121 valence electrons. The molecule has 2 rings (SSSR count). The molecule has 0 N–H and O–H groups in total. The second-order valence-corrected chi connectivity index (χ2v) is 6.61. The Hall–Kier alpha value is -1.88. The van der Waals surface area contributed by atoms with Crippen LogP contribution in [0.1, 0.15) is 42.9 Å². The molecule has 1 atom stereocenters. The van der Waals surface area contributed by atoms with Gasteiger partial charge in [0.15, 0.2) is 0 Å². The SMILES string of the molecule is CC(C)(C)N([O])C(OC(=O)c1cccc(Cl)c1)c1ccccc1. The molecule has 0 aliphatic carbocycles. The normalized spacial score (nSPS) is 13.0. The van der Waals surface area contributed by atoms with Crippen LogP contribution in [-0.4, -0.2) is 16.6 Å². The summed E-state index contributed by atoms with van der Waals surface area (Å²) < 4.78 is 5.48. The Balaban J connectivity index is 2.30. The van der Waals surface area contributed by atoms with Crippen molar-refractivity contribution in [2.45, 2.75) is 32.5 Å². The first-order valence-corrected chi connectivity index (χ1v) is 7.65. The van der Waals surface area contributed by atoms with Crippen LogP contribution in [-0.2, 0) is 9.94 Å². The maximum atomic E-state index is 12.6. The minimum atomic E-state index is -1.03. The fourth-order valence-corrected chi connectivity index (χ4v) is 2.20. The monoisotopic (exact) mass is 332 g/mol. The second-order valence-electron chi connectivity index (χ2n) is 6.18. The zero-order valence-electron chi connectivity index (χ0n) is 13.3. The molecule has 0 saturated carbocycles. The number of nitrogens with zero attached hydrogens (tertiary/aromatic N) is 1. The van der Waals surface area contributed by atoms with Crippen LogP contribution in [0.15, 0.2) is 54.6 Å². The van der Waals surface area contributed by atoms with Crippen LogP contribution in [0.4, 0.5) is 0 Å². The molecule has 0 spiro atoms. The van der Waals surface area contributed by atoms with E-state index < -0.39 is 17.7 Å². The molecule has 0 saturated heterocycles. The summed E-state index contributed by atoms with van der Waals surface area (Å²) in [7, 11) is 0. The van der Waals surface area contributed by atoms with Gasteiger partial charge in [-0.2, -0.15) is 0 Å². The number of esters is 1. The highest BCUT2D eigenvalue weighted by atomic mass is 35.5. The molecule has 23 heavy (non-hydrogen) atoms. The Morgan fingerprint density at radius 2 is 1.74 bits per heavy atom. The standard InChI is InChI=1S/C18H19ClNO3/c1-18(2,3)20(22)16(13-8-5-4-6-9-13)23-17(21)14-10-7-11-15(19)12-14/h4-12,16H,1-3H3. The number of benzene rings is 2. The van der Waals surface area contributed by atoms with Crippen molar-refractivity contribution >= 4 is 17.6 Å². The van der Waals surface area contributed by atoms with Crippen LogP contribution in [0.5, 0.6) is 0 Å². The molecule has 5 heteroatoms. The van der Waals surface area contributed by atoms with Crippen molar-refractivity contribution in [3.63, 3.8) is 0 Å². The maximum Gasteiger partial charge on any atom is 0.340 e. The Morgan fingerprint density at radius 1 is 1.09 bits per heavy atom. The van der Waals surface area contributed by atoms with Crippen molar-refractivity contribution in [1.82, 2.24) is 5.06 Å². The summed E-state index contributed by atoms with van der Waals surface area (Å²) in [5.41, 5.74) is 0.211. The highest BCUT2D eigenvalue weighted by molar-refractivity contribution is 6.30. The van der Waals surface area contributed by atoms with Crippen LogP contribution in [0.3, 0.4) is 0 Å². The zero-order chi connectivity index (χ0) is 17.0. The lowest BCUT2D eigenvalue weighted by atomic mass is 10.1. The van der Waals surface area contributed by atoms with E-state index in [2.05, 4.69) is 0 Å². The number of halogens is 1. The topological polar surface area (TPSA) is 49.4 Å². The van der Waals surface area contributed by atoms with Gasteiger partial charge in [-0.15, -0.1) is 10.3 Å². The molecule has 0 heterocycles. The predicted octanol–water partition coefficient (Wildman–Crippen LogP) is 4.64. The van der Waals surface area contributed by atoms with Crippen LogP contribution >= 0.6 is 11.6 Å². The number of rotatable bonds is 4. The molecule has 0 aliphatic rings. The number of carbonyl (C=O) groups is 1. The highest BCUT2D eigenvalue weighted by Gasteiger charge is 2.33. The molecular formula is C18H19ClNO3. The molecule has 0 aliphatic heterocycles. The third-order valence-corrected chi connectivity index (χ3v) is 3.47. The van der Waals surface area contributed by atoms with Crippen LogP contribution in [0.25, 0.3) is 0 Å². The van der Waals surface area contributed by atoms with Gasteiger partial charge in [-0.3, -0.25) is 0 Å². The van der Waals surface area contributed by atoms with E-state index in [1.165, 1.54) is 6.07 Å². The molecule has 1 unspecified atom stereocenters. The first kappa shape index (κ1) is 17.5. The summed E-state index contributed by atoms with van der Waals surface area (Å²) in [6.07, 6.45) is -1.03. The zero-order valence-corrected chi connectivity index (χ0v) is 14.1. The summed E-state index contributed by atoms with van der Waals surface area (Å²) in [6.45, 7) is 5.30. The summed E-state index contributed by atoms with van der Waals surface area (Å²) in [5, 5.41) is 13.8. The summed E-state index contributed by atoms with van der Waals surface area (Å²) in [6, 6.07) is 15.4. The van der Waals surface area contributed by atoms with Gasteiger partial charge < -0.3 is 4.74 Å². The van der Waals surface area contributed by atoms with E-state index in [1.54, 1.807) is 63.2 Å². The van der Waals surface area contributed by atoms with E-state index in [1.807, 2.05) is 6.07 Å². The van der Waals surface area contributed by atoms with Crippen molar-refractivity contribution in [1.29, 1.82) is 0 Å². The van der Waals surface area contributed by atoms with Crippen molar-refractivity contribution in [3.05, 3.63) is 70.7 Å². The molecular weight excluding hydrogens is 314 g/mol. The summed E-state index contributed by atoms with van der Waals surface area (Å²) in [5.74, 6) is -0.591.